The number of unbranched alkanes of at least 4 members (excludes halogenated alkanes) is 22. The first-order chi connectivity index (χ1) is 24.3. The van der Waals surface area contributed by atoms with Crippen LogP contribution in [0.25, 0.3) is 0 Å². The van der Waals surface area contributed by atoms with Crippen LogP contribution in [0.3, 0.4) is 0 Å². The van der Waals surface area contributed by atoms with Crippen LogP contribution < -0.4 is 0 Å². The normalized spacial score (nSPS) is 12.6. The first-order valence-corrected chi connectivity index (χ1v) is 21.8. The van der Waals surface area contributed by atoms with Crippen LogP contribution >= 0.6 is 0 Å². The van der Waals surface area contributed by atoms with Gasteiger partial charge in [-0.25, -0.2) is 0 Å². The lowest BCUT2D eigenvalue weighted by atomic mass is 9.99. The summed E-state index contributed by atoms with van der Waals surface area (Å²) in [6, 6.07) is 0. The molecule has 0 saturated heterocycles. The molecule has 0 aliphatic rings. The third-order valence-electron chi connectivity index (χ3n) is 10.1. The quantitative estimate of drug-likeness (QED) is 0.0361. The summed E-state index contributed by atoms with van der Waals surface area (Å²) in [5.41, 5.74) is 0. The number of rotatable bonds is 38. The Kier molecular flexibility index (Phi) is 36.0. The van der Waals surface area contributed by atoms with E-state index in [1.807, 2.05) is 0 Å². The molecule has 50 heavy (non-hydrogen) atoms. The summed E-state index contributed by atoms with van der Waals surface area (Å²) in [6.45, 7) is 11.3. The maximum atomic E-state index is 12.6. The van der Waals surface area contributed by atoms with E-state index in [0.717, 1.165) is 69.6 Å². The topological polar surface area (TPSA) is 78.9 Å². The lowest BCUT2D eigenvalue weighted by molar-refractivity contribution is -0.167. The van der Waals surface area contributed by atoms with Gasteiger partial charge in [0.2, 0.25) is 0 Å². The number of carbonyl (C=O) groups is 3. The van der Waals surface area contributed by atoms with Crippen molar-refractivity contribution in [1.82, 2.24) is 0 Å². The van der Waals surface area contributed by atoms with E-state index in [9.17, 15) is 14.4 Å². The van der Waals surface area contributed by atoms with E-state index in [0.29, 0.717) is 19.3 Å². The van der Waals surface area contributed by atoms with Crippen molar-refractivity contribution < 1.29 is 28.6 Å². The van der Waals surface area contributed by atoms with Gasteiger partial charge in [0, 0.05) is 19.3 Å². The number of hydrogen-bond donors (Lipinski definition) is 0. The molecule has 0 amide bonds. The smallest absolute Gasteiger partial charge is 0.306 e. The van der Waals surface area contributed by atoms with Crippen molar-refractivity contribution in [2.45, 2.75) is 240 Å². The van der Waals surface area contributed by atoms with Crippen LogP contribution in [0, 0.1) is 11.8 Å². The van der Waals surface area contributed by atoms with Crippen LogP contribution in [0.1, 0.15) is 234 Å². The molecule has 0 aromatic carbocycles. The van der Waals surface area contributed by atoms with Crippen LogP contribution in [0.4, 0.5) is 0 Å². The number of hydrogen-bond acceptors (Lipinski definition) is 6. The van der Waals surface area contributed by atoms with E-state index in [-0.39, 0.29) is 31.1 Å². The van der Waals surface area contributed by atoms with Gasteiger partial charge in [-0.05, 0) is 31.1 Å². The van der Waals surface area contributed by atoms with Crippen molar-refractivity contribution in [3.8, 4) is 0 Å². The predicted molar refractivity (Wildman–Crippen MR) is 210 cm³/mol. The summed E-state index contributed by atoms with van der Waals surface area (Å²) in [5, 5.41) is 0. The Morgan fingerprint density at radius 1 is 0.420 bits per heavy atom. The predicted octanol–water partition coefficient (Wildman–Crippen LogP) is 13.4. The number of ether oxygens (including phenoxy) is 3. The van der Waals surface area contributed by atoms with Gasteiger partial charge in [0.15, 0.2) is 6.10 Å². The summed E-state index contributed by atoms with van der Waals surface area (Å²) in [4.78, 5) is 37.5. The molecule has 0 saturated carbocycles. The molecular formula is C44H84O6. The van der Waals surface area contributed by atoms with E-state index >= 15 is 0 Å². The Hall–Kier alpha value is -1.59. The molecule has 0 bridgehead atoms. The summed E-state index contributed by atoms with van der Waals surface area (Å²) >= 11 is 0. The second kappa shape index (κ2) is 37.2. The van der Waals surface area contributed by atoms with Gasteiger partial charge < -0.3 is 14.2 Å². The lowest BCUT2D eigenvalue weighted by Gasteiger charge is -2.18. The average molecular weight is 709 g/mol. The number of carbonyl (C=O) groups excluding carboxylic acids is 3. The van der Waals surface area contributed by atoms with Crippen LogP contribution in [0.2, 0.25) is 0 Å². The Morgan fingerprint density at radius 2 is 0.760 bits per heavy atom. The minimum absolute atomic E-state index is 0.0664. The summed E-state index contributed by atoms with van der Waals surface area (Å²) in [7, 11) is 0. The molecule has 6 nitrogen and oxygen atoms in total. The van der Waals surface area contributed by atoms with Crippen molar-refractivity contribution in [1.29, 1.82) is 0 Å². The Morgan fingerprint density at radius 3 is 1.14 bits per heavy atom. The first-order valence-electron chi connectivity index (χ1n) is 21.8. The Bertz CT molecular complexity index is 766. The van der Waals surface area contributed by atoms with E-state index < -0.39 is 6.10 Å². The fraction of sp³-hybridized carbons (Fsp3) is 0.932. The minimum atomic E-state index is -0.760. The molecule has 2 atom stereocenters. The zero-order valence-corrected chi connectivity index (χ0v) is 34.0. The third-order valence-corrected chi connectivity index (χ3v) is 10.1. The Labute approximate surface area is 310 Å². The number of esters is 3. The molecule has 0 aliphatic carbocycles. The zero-order valence-electron chi connectivity index (χ0n) is 34.0. The van der Waals surface area contributed by atoms with Crippen molar-refractivity contribution in [3.05, 3.63) is 0 Å². The monoisotopic (exact) mass is 709 g/mol. The van der Waals surface area contributed by atoms with E-state index in [2.05, 4.69) is 34.6 Å². The zero-order chi connectivity index (χ0) is 36.9. The van der Waals surface area contributed by atoms with Gasteiger partial charge in [-0.3, -0.25) is 14.4 Å². The van der Waals surface area contributed by atoms with Crippen molar-refractivity contribution in [3.63, 3.8) is 0 Å². The van der Waals surface area contributed by atoms with Gasteiger partial charge in [-0.15, -0.1) is 0 Å². The molecule has 0 heterocycles. The highest BCUT2D eigenvalue weighted by molar-refractivity contribution is 5.71. The molecule has 1 unspecified atom stereocenters. The van der Waals surface area contributed by atoms with Crippen molar-refractivity contribution in [2.24, 2.45) is 11.8 Å². The second-order valence-electron chi connectivity index (χ2n) is 15.7. The maximum absolute atomic E-state index is 12.6. The van der Waals surface area contributed by atoms with Crippen molar-refractivity contribution >= 4 is 17.9 Å². The minimum Gasteiger partial charge on any atom is -0.462 e. The summed E-state index contributed by atoms with van der Waals surface area (Å²) < 4.78 is 16.6. The van der Waals surface area contributed by atoms with Crippen LogP contribution in [-0.4, -0.2) is 37.2 Å². The fourth-order valence-electron chi connectivity index (χ4n) is 6.37. The molecule has 0 fully saturated rings. The van der Waals surface area contributed by atoms with Crippen LogP contribution in [-0.2, 0) is 28.6 Å². The average Bonchev–Trinajstić information content (AvgIpc) is 3.09. The standard InChI is InChI=1S/C44H84O6/c1-6-8-9-10-11-14-18-24-29-34-42(45)48-37-41(50-44(47)36-31-26-21-20-22-27-32-39(3)4)38-49-43(46)35-30-25-19-16-13-12-15-17-23-28-33-40(5)7-2/h39-41H,6-38H2,1-5H3/t40?,41-/m1/s1. The molecule has 0 aliphatic heterocycles. The molecule has 0 aromatic rings. The van der Waals surface area contributed by atoms with Gasteiger partial charge >= 0.3 is 17.9 Å². The van der Waals surface area contributed by atoms with Crippen LogP contribution in [0.15, 0.2) is 0 Å². The molecule has 0 aromatic heterocycles. The van der Waals surface area contributed by atoms with E-state index in [1.165, 1.54) is 122 Å². The molecular weight excluding hydrogens is 624 g/mol. The Balaban J connectivity index is 4.31. The fourth-order valence-corrected chi connectivity index (χ4v) is 6.37. The van der Waals surface area contributed by atoms with Crippen LogP contribution in [0.5, 0.6) is 0 Å². The molecule has 6 heteroatoms. The highest BCUT2D eigenvalue weighted by Crippen LogP contribution is 2.17. The van der Waals surface area contributed by atoms with E-state index in [4.69, 9.17) is 14.2 Å². The summed E-state index contributed by atoms with van der Waals surface area (Å²) in [5.74, 6) is 0.761. The first kappa shape index (κ1) is 48.4. The largest absolute Gasteiger partial charge is 0.462 e. The maximum Gasteiger partial charge on any atom is 0.306 e. The van der Waals surface area contributed by atoms with Gasteiger partial charge in [0.25, 0.3) is 0 Å². The van der Waals surface area contributed by atoms with Gasteiger partial charge in [-0.2, -0.15) is 0 Å². The van der Waals surface area contributed by atoms with Gasteiger partial charge in [0.05, 0.1) is 0 Å². The highest BCUT2D eigenvalue weighted by Gasteiger charge is 2.19. The third kappa shape index (κ3) is 36.2. The SMILES string of the molecule is CCCCCCCCCCCC(=O)OC[C@H](COC(=O)CCCCCCCCCCCCC(C)CC)OC(=O)CCCCCCCCC(C)C. The summed E-state index contributed by atoms with van der Waals surface area (Å²) in [6.07, 6.45) is 33.8. The van der Waals surface area contributed by atoms with Gasteiger partial charge in [0.1, 0.15) is 13.2 Å². The molecule has 0 rings (SSSR count). The van der Waals surface area contributed by atoms with Crippen molar-refractivity contribution in [2.75, 3.05) is 13.2 Å². The molecule has 0 spiro atoms. The molecule has 296 valence electrons. The highest BCUT2D eigenvalue weighted by atomic mass is 16.6. The lowest BCUT2D eigenvalue weighted by Crippen LogP contribution is -2.30. The van der Waals surface area contributed by atoms with Gasteiger partial charge in [-0.1, -0.05) is 195 Å². The molecule has 0 N–H and O–H groups in total. The van der Waals surface area contributed by atoms with E-state index in [1.54, 1.807) is 0 Å². The molecule has 0 radical (unpaired) electrons. The second-order valence-corrected chi connectivity index (χ2v) is 15.7.